The second kappa shape index (κ2) is 7.09. The minimum absolute atomic E-state index is 0.352. The second-order valence-corrected chi connectivity index (χ2v) is 5.14. The van der Waals surface area contributed by atoms with Gasteiger partial charge in [0.25, 0.3) is 0 Å². The van der Waals surface area contributed by atoms with Gasteiger partial charge in [0, 0.05) is 5.70 Å². The lowest BCUT2D eigenvalue weighted by Crippen LogP contribution is -2.45. The molecule has 1 heterocycles. The molecule has 1 unspecified atom stereocenters. The van der Waals surface area contributed by atoms with Crippen LogP contribution in [0.5, 0.6) is 5.75 Å². The summed E-state index contributed by atoms with van der Waals surface area (Å²) in [5.74, 6) is 0.345. The molecule has 1 aliphatic heterocycles. The van der Waals surface area contributed by atoms with E-state index >= 15 is 0 Å². The van der Waals surface area contributed by atoms with Crippen LogP contribution in [0.15, 0.2) is 48.2 Å². The quantitative estimate of drug-likeness (QED) is 0.493. The van der Waals surface area contributed by atoms with Crippen LogP contribution < -0.4 is 15.4 Å². The lowest BCUT2D eigenvalue weighted by molar-refractivity contribution is -0.136. The highest BCUT2D eigenvalue weighted by Gasteiger charge is 2.30. The molecule has 0 bridgehead atoms. The Balaban J connectivity index is 2.31. The predicted molar refractivity (Wildman–Crippen MR) is 88.5 cm³/mol. The van der Waals surface area contributed by atoms with Crippen molar-refractivity contribution in [2.24, 2.45) is 0 Å². The number of rotatable bonds is 5. The first kappa shape index (κ1) is 16.0. The molecular weight excluding hydrogens is 300 g/mol. The molecule has 22 heavy (non-hydrogen) atoms. The Hall–Kier alpha value is -2.34. The van der Waals surface area contributed by atoms with E-state index in [-0.39, 0.29) is 6.04 Å². The average molecular weight is 318 g/mol. The summed E-state index contributed by atoms with van der Waals surface area (Å²) in [5, 5.41) is 6.52. The number of esters is 1. The third kappa shape index (κ3) is 3.46. The highest BCUT2D eigenvalue weighted by atomic mass is 32.1. The van der Waals surface area contributed by atoms with Crippen LogP contribution >= 0.6 is 12.2 Å². The number of nitrogens with one attached hydrogen (secondary N) is 2. The topological polar surface area (TPSA) is 59.6 Å². The zero-order valence-electron chi connectivity index (χ0n) is 12.5. The fourth-order valence-corrected chi connectivity index (χ4v) is 2.51. The molecular formula is C16H18N2O3S. The van der Waals surface area contributed by atoms with Crippen LogP contribution in [0.2, 0.25) is 0 Å². The first-order valence-electron chi connectivity index (χ1n) is 6.77. The summed E-state index contributed by atoms with van der Waals surface area (Å²) in [4.78, 5) is 12.0. The van der Waals surface area contributed by atoms with Crippen molar-refractivity contribution >= 4 is 23.3 Å². The van der Waals surface area contributed by atoms with Gasteiger partial charge in [0.15, 0.2) is 5.11 Å². The van der Waals surface area contributed by atoms with Gasteiger partial charge >= 0.3 is 5.97 Å². The largest absolute Gasteiger partial charge is 0.490 e. The van der Waals surface area contributed by atoms with Crippen molar-refractivity contribution in [2.45, 2.75) is 13.0 Å². The molecule has 0 aliphatic carbocycles. The maximum Gasteiger partial charge on any atom is 0.337 e. The predicted octanol–water partition coefficient (Wildman–Crippen LogP) is 2.22. The van der Waals surface area contributed by atoms with Gasteiger partial charge in [0.1, 0.15) is 12.4 Å². The van der Waals surface area contributed by atoms with Crippen molar-refractivity contribution < 1.29 is 14.3 Å². The molecule has 5 nitrogen and oxygen atoms in total. The lowest BCUT2D eigenvalue weighted by Gasteiger charge is -2.29. The molecule has 6 heteroatoms. The van der Waals surface area contributed by atoms with Crippen LogP contribution in [0.25, 0.3) is 0 Å². The average Bonchev–Trinajstić information content (AvgIpc) is 2.52. The summed E-state index contributed by atoms with van der Waals surface area (Å²) in [7, 11) is 1.36. The molecule has 2 rings (SSSR count). The molecule has 0 aromatic heterocycles. The first-order chi connectivity index (χ1) is 10.6. The molecule has 116 valence electrons. The molecule has 0 saturated heterocycles. The molecule has 2 N–H and O–H groups in total. The Morgan fingerprint density at radius 2 is 2.09 bits per heavy atom. The number of carbonyl (C=O) groups excluding carboxylic acids is 1. The van der Waals surface area contributed by atoms with Crippen molar-refractivity contribution in [2.75, 3.05) is 13.7 Å². The van der Waals surface area contributed by atoms with Crippen LogP contribution in [-0.2, 0) is 9.53 Å². The molecule has 0 fully saturated rings. The van der Waals surface area contributed by atoms with E-state index in [1.807, 2.05) is 24.3 Å². The van der Waals surface area contributed by atoms with Gasteiger partial charge in [-0.15, -0.1) is 0 Å². The van der Waals surface area contributed by atoms with Crippen molar-refractivity contribution in [1.29, 1.82) is 0 Å². The van der Waals surface area contributed by atoms with Crippen LogP contribution in [0.3, 0.4) is 0 Å². The normalized spacial score (nSPS) is 17.4. The number of carbonyl (C=O) groups is 1. The van der Waals surface area contributed by atoms with E-state index in [0.29, 0.717) is 23.0 Å². The molecule has 1 aromatic rings. The van der Waals surface area contributed by atoms with Gasteiger partial charge in [-0.25, -0.2) is 4.79 Å². The Morgan fingerprint density at radius 1 is 1.41 bits per heavy atom. The van der Waals surface area contributed by atoms with Gasteiger partial charge in [-0.1, -0.05) is 24.8 Å². The lowest BCUT2D eigenvalue weighted by atomic mass is 9.95. The van der Waals surface area contributed by atoms with Gasteiger partial charge in [-0.05, 0) is 36.8 Å². The Morgan fingerprint density at radius 3 is 2.68 bits per heavy atom. The SMILES string of the molecule is C=CCOc1ccc(C2NC(=S)NC(C)=C2C(=O)OC)cc1. The molecule has 1 atom stereocenters. The van der Waals surface area contributed by atoms with Crippen molar-refractivity contribution in [3.8, 4) is 5.75 Å². The summed E-state index contributed by atoms with van der Waals surface area (Å²) in [5.41, 5.74) is 2.10. The number of allylic oxidation sites excluding steroid dienone is 1. The second-order valence-electron chi connectivity index (χ2n) is 4.73. The molecule has 0 radical (unpaired) electrons. The number of thiocarbonyl (C=S) groups is 1. The van der Waals surface area contributed by atoms with Crippen LogP contribution in [0, 0.1) is 0 Å². The Labute approximate surface area is 135 Å². The highest BCUT2D eigenvalue weighted by molar-refractivity contribution is 7.80. The molecule has 0 spiro atoms. The Kier molecular flexibility index (Phi) is 5.16. The maximum absolute atomic E-state index is 12.0. The van der Waals surface area contributed by atoms with E-state index in [4.69, 9.17) is 21.7 Å². The highest BCUT2D eigenvalue weighted by Crippen LogP contribution is 2.28. The summed E-state index contributed by atoms with van der Waals surface area (Å²) in [6.45, 7) is 5.85. The minimum atomic E-state index is -0.392. The van der Waals surface area contributed by atoms with E-state index in [1.54, 1.807) is 13.0 Å². The van der Waals surface area contributed by atoms with Gasteiger partial charge in [-0.3, -0.25) is 0 Å². The van der Waals surface area contributed by atoms with Gasteiger partial charge in [0.05, 0.1) is 18.7 Å². The standard InChI is InChI=1S/C16H18N2O3S/c1-4-9-21-12-7-5-11(6-8-12)14-13(15(19)20-3)10(2)17-16(22)18-14/h4-8,14H,1,9H2,2-3H3,(H2,17,18,22). The van der Waals surface area contributed by atoms with E-state index in [1.165, 1.54) is 7.11 Å². The summed E-state index contributed by atoms with van der Waals surface area (Å²) >= 11 is 5.17. The number of hydrogen-bond donors (Lipinski definition) is 2. The molecule has 0 saturated carbocycles. The van der Waals surface area contributed by atoms with E-state index in [2.05, 4.69) is 17.2 Å². The van der Waals surface area contributed by atoms with Gasteiger partial charge < -0.3 is 20.1 Å². The third-order valence-corrected chi connectivity index (χ3v) is 3.48. The molecule has 1 aromatic carbocycles. The number of benzene rings is 1. The Bertz CT molecular complexity index is 623. The van der Waals surface area contributed by atoms with Gasteiger partial charge in [0.2, 0.25) is 0 Å². The summed E-state index contributed by atoms with van der Waals surface area (Å²) in [6.07, 6.45) is 1.68. The van der Waals surface area contributed by atoms with Crippen molar-refractivity contribution in [3.05, 3.63) is 53.8 Å². The number of hydrogen-bond acceptors (Lipinski definition) is 4. The van der Waals surface area contributed by atoms with Crippen molar-refractivity contribution in [3.63, 3.8) is 0 Å². The van der Waals surface area contributed by atoms with Crippen molar-refractivity contribution in [1.82, 2.24) is 10.6 Å². The van der Waals surface area contributed by atoms with Crippen LogP contribution in [0.1, 0.15) is 18.5 Å². The third-order valence-electron chi connectivity index (χ3n) is 3.26. The monoisotopic (exact) mass is 318 g/mol. The molecule has 0 amide bonds. The number of methoxy groups -OCH3 is 1. The van der Waals surface area contributed by atoms with Crippen LogP contribution in [-0.4, -0.2) is 24.8 Å². The fraction of sp³-hybridized carbons (Fsp3) is 0.250. The maximum atomic E-state index is 12.0. The van der Waals surface area contributed by atoms with E-state index < -0.39 is 5.97 Å². The molecule has 1 aliphatic rings. The van der Waals surface area contributed by atoms with Crippen LogP contribution in [0.4, 0.5) is 0 Å². The first-order valence-corrected chi connectivity index (χ1v) is 7.18. The van der Waals surface area contributed by atoms with E-state index in [0.717, 1.165) is 11.3 Å². The summed E-state index contributed by atoms with van der Waals surface area (Å²) < 4.78 is 10.3. The zero-order chi connectivity index (χ0) is 16.1. The smallest absolute Gasteiger partial charge is 0.337 e. The zero-order valence-corrected chi connectivity index (χ0v) is 13.3. The fourth-order valence-electron chi connectivity index (χ4n) is 2.24. The van der Waals surface area contributed by atoms with E-state index in [9.17, 15) is 4.79 Å². The number of ether oxygens (including phenoxy) is 2. The van der Waals surface area contributed by atoms with Gasteiger partial charge in [-0.2, -0.15) is 0 Å². The minimum Gasteiger partial charge on any atom is -0.490 e. The summed E-state index contributed by atoms with van der Waals surface area (Å²) in [6, 6.07) is 7.11.